The molecule has 1 aliphatic rings. The minimum Gasteiger partial charge on any atom is -0.293 e. The van der Waals surface area contributed by atoms with Crippen LogP contribution in [0.3, 0.4) is 0 Å². The second kappa shape index (κ2) is 7.63. The Labute approximate surface area is 136 Å². The first kappa shape index (κ1) is 15.3. The molecule has 0 saturated heterocycles. The van der Waals surface area contributed by atoms with Gasteiger partial charge in [0.05, 0.1) is 11.4 Å². The van der Waals surface area contributed by atoms with Crippen molar-refractivity contribution in [1.82, 2.24) is 9.97 Å². The van der Waals surface area contributed by atoms with Gasteiger partial charge in [0.15, 0.2) is 0 Å². The van der Waals surface area contributed by atoms with Crippen LogP contribution in [0, 0.1) is 5.92 Å². The lowest BCUT2D eigenvalue weighted by molar-refractivity contribution is 0.707. The molecule has 2 aromatic heterocycles. The molecule has 1 fully saturated rings. The summed E-state index contributed by atoms with van der Waals surface area (Å²) in [6.07, 6.45) is 9.28. The van der Waals surface area contributed by atoms with Crippen LogP contribution in [0.1, 0.15) is 44.7 Å². The van der Waals surface area contributed by atoms with E-state index in [2.05, 4.69) is 22.3 Å². The molecule has 0 N–H and O–H groups in total. The van der Waals surface area contributed by atoms with Crippen molar-refractivity contribution >= 4 is 17.0 Å². The third-order valence-electron chi connectivity index (χ3n) is 4.31. The second-order valence-electron chi connectivity index (χ2n) is 5.82. The van der Waals surface area contributed by atoms with Gasteiger partial charge < -0.3 is 0 Å². The smallest absolute Gasteiger partial charge is 0.142 e. The van der Waals surface area contributed by atoms with Gasteiger partial charge in [-0.25, -0.2) is 4.98 Å². The summed E-state index contributed by atoms with van der Waals surface area (Å²) in [6, 6.07) is 5.95. The molecule has 116 valence electrons. The molecular formula is C18H23N3S. The zero-order chi connectivity index (χ0) is 15.2. The van der Waals surface area contributed by atoms with Crippen LogP contribution in [0.25, 0.3) is 10.7 Å². The highest BCUT2D eigenvalue weighted by Gasteiger charge is 2.19. The molecule has 3 nitrogen and oxygen atoms in total. The number of hydrogen-bond acceptors (Lipinski definition) is 4. The van der Waals surface area contributed by atoms with Crippen LogP contribution in [-0.4, -0.2) is 22.2 Å². The van der Waals surface area contributed by atoms with E-state index in [0.717, 1.165) is 41.7 Å². The maximum absolute atomic E-state index is 4.87. The van der Waals surface area contributed by atoms with Crippen LogP contribution in [0.2, 0.25) is 0 Å². The van der Waals surface area contributed by atoms with E-state index in [4.69, 9.17) is 4.99 Å². The SMILES string of the molecule is CCC(=NCCc1csc(-c2ccccn2)n1)C1CCCC1. The molecule has 0 aromatic carbocycles. The molecule has 4 heteroatoms. The lowest BCUT2D eigenvalue weighted by Crippen LogP contribution is -2.11. The van der Waals surface area contributed by atoms with Crippen LogP contribution < -0.4 is 0 Å². The monoisotopic (exact) mass is 313 g/mol. The zero-order valence-electron chi connectivity index (χ0n) is 13.2. The summed E-state index contributed by atoms with van der Waals surface area (Å²) in [5, 5.41) is 3.15. The van der Waals surface area contributed by atoms with Crippen LogP contribution in [0.5, 0.6) is 0 Å². The maximum Gasteiger partial charge on any atom is 0.142 e. The van der Waals surface area contributed by atoms with Gasteiger partial charge in [-0.15, -0.1) is 11.3 Å². The molecule has 0 bridgehead atoms. The first-order valence-corrected chi connectivity index (χ1v) is 9.14. The Balaban J connectivity index is 1.58. The summed E-state index contributed by atoms with van der Waals surface area (Å²) in [7, 11) is 0. The van der Waals surface area contributed by atoms with Crippen LogP contribution >= 0.6 is 11.3 Å². The Morgan fingerprint density at radius 2 is 2.18 bits per heavy atom. The highest BCUT2D eigenvalue weighted by molar-refractivity contribution is 7.13. The topological polar surface area (TPSA) is 38.1 Å². The molecule has 1 aliphatic carbocycles. The third kappa shape index (κ3) is 3.80. The summed E-state index contributed by atoms with van der Waals surface area (Å²) in [6.45, 7) is 3.10. The van der Waals surface area contributed by atoms with Crippen molar-refractivity contribution in [3.63, 3.8) is 0 Å². The largest absolute Gasteiger partial charge is 0.293 e. The van der Waals surface area contributed by atoms with Gasteiger partial charge in [0, 0.05) is 30.3 Å². The number of pyridine rings is 1. The quantitative estimate of drug-likeness (QED) is 0.719. The highest BCUT2D eigenvalue weighted by Crippen LogP contribution is 2.27. The van der Waals surface area contributed by atoms with Crippen molar-refractivity contribution in [2.75, 3.05) is 6.54 Å². The fraction of sp³-hybridized carbons (Fsp3) is 0.500. The Hall–Kier alpha value is -1.55. The summed E-state index contributed by atoms with van der Waals surface area (Å²) in [5.74, 6) is 0.754. The Bertz CT molecular complexity index is 612. The van der Waals surface area contributed by atoms with Crippen LogP contribution in [0.15, 0.2) is 34.8 Å². The van der Waals surface area contributed by atoms with Gasteiger partial charge in [0.2, 0.25) is 0 Å². The Morgan fingerprint density at radius 1 is 1.32 bits per heavy atom. The van der Waals surface area contributed by atoms with Crippen LogP contribution in [0.4, 0.5) is 0 Å². The van der Waals surface area contributed by atoms with Gasteiger partial charge in [-0.1, -0.05) is 25.8 Å². The van der Waals surface area contributed by atoms with Crippen molar-refractivity contribution in [1.29, 1.82) is 0 Å². The third-order valence-corrected chi connectivity index (χ3v) is 5.22. The number of hydrogen-bond donors (Lipinski definition) is 0. The number of rotatable bonds is 6. The number of aliphatic imine (C=N–C) groups is 1. The van der Waals surface area contributed by atoms with Gasteiger partial charge >= 0.3 is 0 Å². The van der Waals surface area contributed by atoms with Gasteiger partial charge in [-0.2, -0.15) is 0 Å². The van der Waals surface area contributed by atoms with E-state index >= 15 is 0 Å². The maximum atomic E-state index is 4.87. The Kier molecular flexibility index (Phi) is 5.33. The average molecular weight is 313 g/mol. The molecule has 3 rings (SSSR count). The van der Waals surface area contributed by atoms with Gasteiger partial charge in [-0.3, -0.25) is 9.98 Å². The van der Waals surface area contributed by atoms with Crippen molar-refractivity contribution in [3.8, 4) is 10.7 Å². The second-order valence-corrected chi connectivity index (χ2v) is 6.68. The summed E-state index contributed by atoms with van der Waals surface area (Å²) >= 11 is 1.67. The first-order chi connectivity index (χ1) is 10.9. The first-order valence-electron chi connectivity index (χ1n) is 8.26. The minimum atomic E-state index is 0.754. The minimum absolute atomic E-state index is 0.754. The van der Waals surface area contributed by atoms with E-state index in [-0.39, 0.29) is 0 Å². The molecule has 2 aromatic rings. The normalized spacial score (nSPS) is 16.3. The molecule has 0 unspecified atom stereocenters. The van der Waals surface area contributed by atoms with E-state index in [1.165, 1.54) is 31.4 Å². The molecule has 0 atom stereocenters. The molecule has 0 radical (unpaired) electrons. The van der Waals surface area contributed by atoms with Crippen LogP contribution in [-0.2, 0) is 6.42 Å². The number of thiazole rings is 1. The standard InChI is InChI=1S/C18H23N3S/c1-2-16(14-7-3-4-8-14)20-12-10-15-13-22-18(21-15)17-9-5-6-11-19-17/h5-6,9,11,13-14H,2-4,7-8,10,12H2,1H3. The average Bonchev–Trinajstić information content (AvgIpc) is 3.24. The summed E-state index contributed by atoms with van der Waals surface area (Å²) in [4.78, 5) is 13.9. The van der Waals surface area contributed by atoms with Gasteiger partial charge in [0.1, 0.15) is 5.01 Å². The van der Waals surface area contributed by atoms with Gasteiger partial charge in [-0.05, 0) is 37.3 Å². The fourth-order valence-corrected chi connectivity index (χ4v) is 3.96. The summed E-state index contributed by atoms with van der Waals surface area (Å²) < 4.78 is 0. The predicted molar refractivity (Wildman–Crippen MR) is 93.6 cm³/mol. The molecule has 0 spiro atoms. The highest BCUT2D eigenvalue weighted by atomic mass is 32.1. The molecule has 0 aliphatic heterocycles. The molecule has 22 heavy (non-hydrogen) atoms. The molecule has 0 amide bonds. The van der Waals surface area contributed by atoms with Gasteiger partial charge in [0.25, 0.3) is 0 Å². The van der Waals surface area contributed by atoms with Crippen molar-refractivity contribution < 1.29 is 0 Å². The summed E-state index contributed by atoms with van der Waals surface area (Å²) in [5.41, 5.74) is 3.52. The molecule has 1 saturated carbocycles. The van der Waals surface area contributed by atoms with E-state index in [9.17, 15) is 0 Å². The molecular weight excluding hydrogens is 290 g/mol. The number of aromatic nitrogens is 2. The van der Waals surface area contributed by atoms with Crippen molar-refractivity contribution in [3.05, 3.63) is 35.5 Å². The molecule has 2 heterocycles. The van der Waals surface area contributed by atoms with Crippen molar-refractivity contribution in [2.24, 2.45) is 10.9 Å². The fourth-order valence-electron chi connectivity index (χ4n) is 3.13. The zero-order valence-corrected chi connectivity index (χ0v) is 14.0. The predicted octanol–water partition coefficient (Wildman–Crippen LogP) is 4.79. The lowest BCUT2D eigenvalue weighted by atomic mass is 10.00. The van der Waals surface area contributed by atoms with E-state index in [0.29, 0.717) is 0 Å². The Morgan fingerprint density at radius 3 is 2.91 bits per heavy atom. The van der Waals surface area contributed by atoms with E-state index in [1.807, 2.05) is 24.4 Å². The van der Waals surface area contributed by atoms with E-state index < -0.39 is 0 Å². The van der Waals surface area contributed by atoms with E-state index in [1.54, 1.807) is 11.3 Å². The van der Waals surface area contributed by atoms with Crippen molar-refractivity contribution in [2.45, 2.75) is 45.4 Å². The number of nitrogens with zero attached hydrogens (tertiary/aromatic N) is 3. The lowest BCUT2D eigenvalue weighted by Gasteiger charge is -2.11.